The molecule has 0 saturated heterocycles. The largest absolute Gasteiger partial charge is 0.0632 e. The molecule has 0 amide bonds. The maximum Gasteiger partial charge on any atom is 0.0632 e. The standard InChI is InChI=1S/C36H46/c1-32(2,3)31-25(23-15-17-27-29(19-23)35(8,9)21-33(27,4)5)13-12-14-26(31)24-16-18-28-30(20-24)36(10,11)22-34(28,6)7/h12-20H,21-22H2,1-11H3/i4D3,5D3,6D3,7D3,8D3,9D3,10D3,11D3,15D,16D,17D,18D,19D,20D,21D2,22D2. The quantitative estimate of drug-likeness (QED) is 0.320. The van der Waals surface area contributed by atoms with Crippen LogP contribution in [0.15, 0.2) is 54.5 Å². The summed E-state index contributed by atoms with van der Waals surface area (Å²) in [6.45, 7) is -30.0. The lowest BCUT2D eigenvalue weighted by molar-refractivity contribution is 0.402. The summed E-state index contributed by atoms with van der Waals surface area (Å²) in [5.41, 5.74) is -28.5. The summed E-state index contributed by atoms with van der Waals surface area (Å²) in [4.78, 5) is 0. The van der Waals surface area contributed by atoms with Crippen LogP contribution in [0.25, 0.3) is 22.3 Å². The van der Waals surface area contributed by atoms with Gasteiger partial charge in [-0.3, -0.25) is 0 Å². The first-order valence-corrected chi connectivity index (χ1v) is 11.0. The molecule has 0 nitrogen and oxygen atoms in total. The zero-order valence-corrected chi connectivity index (χ0v) is 19.7. The summed E-state index contributed by atoms with van der Waals surface area (Å²) in [6.07, 6.45) is -8.95. The summed E-state index contributed by atoms with van der Waals surface area (Å²) in [7, 11) is 0. The van der Waals surface area contributed by atoms with Gasteiger partial charge in [0.1, 0.15) is 0 Å². The first-order valence-electron chi connectivity index (χ1n) is 28.0. The number of benzene rings is 3. The maximum atomic E-state index is 9.65. The van der Waals surface area contributed by atoms with E-state index >= 15 is 0 Å². The molecule has 0 aromatic heterocycles. The molecule has 0 radical (unpaired) electrons. The molecule has 36 heavy (non-hydrogen) atoms. The predicted octanol–water partition coefficient (Wildman–Crippen LogP) is 10.2. The van der Waals surface area contributed by atoms with E-state index < -0.39 is 175 Å². The molecule has 0 N–H and O–H groups in total. The highest BCUT2D eigenvalue weighted by molar-refractivity contribution is 5.81. The Morgan fingerprint density at radius 2 is 1.03 bits per heavy atom. The van der Waals surface area contributed by atoms with Crippen LogP contribution in [0.2, 0.25) is 0 Å². The molecule has 0 atom stereocenters. The maximum absolute atomic E-state index is 9.65. The lowest BCUT2D eigenvalue weighted by Crippen LogP contribution is -2.18. The predicted molar refractivity (Wildman–Crippen MR) is 157 cm³/mol. The number of hydrogen-bond acceptors (Lipinski definition) is 0. The Morgan fingerprint density at radius 1 is 0.639 bits per heavy atom. The monoisotopic (exact) mass is 513 g/mol. The van der Waals surface area contributed by atoms with Crippen LogP contribution in [0.3, 0.4) is 0 Å². The van der Waals surface area contributed by atoms with Crippen molar-refractivity contribution in [1.82, 2.24) is 0 Å². The normalized spacial score (nSPS) is 40.2. The van der Waals surface area contributed by atoms with Crippen molar-refractivity contribution in [1.29, 1.82) is 0 Å². The summed E-state index contributed by atoms with van der Waals surface area (Å²) in [5.74, 6) is 0. The zero-order chi connectivity index (χ0) is 55.3. The molecular formula is C36H46. The molecule has 0 spiro atoms. The van der Waals surface area contributed by atoms with E-state index in [2.05, 4.69) is 0 Å². The van der Waals surface area contributed by atoms with Crippen molar-refractivity contribution in [2.75, 3.05) is 0 Å². The van der Waals surface area contributed by atoms with E-state index in [9.17, 15) is 13.7 Å². The van der Waals surface area contributed by atoms with Crippen molar-refractivity contribution in [2.24, 2.45) is 0 Å². The van der Waals surface area contributed by atoms with Crippen LogP contribution < -0.4 is 0 Å². The van der Waals surface area contributed by atoms with Crippen LogP contribution in [0.5, 0.6) is 0 Å². The molecule has 0 heterocycles. The smallest absolute Gasteiger partial charge is 0.0610 e. The molecule has 0 unspecified atom stereocenters. The van der Waals surface area contributed by atoms with Crippen molar-refractivity contribution in [3.05, 3.63) is 82.3 Å². The van der Waals surface area contributed by atoms with Crippen molar-refractivity contribution >= 4 is 0 Å². The minimum Gasteiger partial charge on any atom is -0.0610 e. The van der Waals surface area contributed by atoms with Crippen molar-refractivity contribution in [3.8, 4) is 22.3 Å². The fourth-order valence-corrected chi connectivity index (χ4v) is 4.80. The molecule has 2 aliphatic carbocycles. The van der Waals surface area contributed by atoms with Crippen molar-refractivity contribution < 1.29 is 46.6 Å². The summed E-state index contributed by atoms with van der Waals surface area (Å²) in [5, 5.41) is 0. The van der Waals surface area contributed by atoms with E-state index in [-0.39, 0.29) is 5.56 Å². The van der Waals surface area contributed by atoms with Crippen LogP contribution in [0, 0.1) is 0 Å². The molecule has 0 heteroatoms. The van der Waals surface area contributed by atoms with Gasteiger partial charge in [0.2, 0.25) is 0 Å². The molecule has 3 aromatic carbocycles. The van der Waals surface area contributed by atoms with Gasteiger partial charge in [-0.25, -0.2) is 0 Å². The Balaban J connectivity index is 2.21. The fraction of sp³-hybridized carbons (Fsp3) is 0.500. The third-order valence-electron chi connectivity index (χ3n) is 6.23. The molecule has 2 aliphatic rings. The summed E-state index contributed by atoms with van der Waals surface area (Å²) >= 11 is 0. The minimum absolute atomic E-state index is 0.364. The lowest BCUT2D eigenvalue weighted by Gasteiger charge is -2.28. The van der Waals surface area contributed by atoms with Gasteiger partial charge in [-0.1, -0.05) is 130 Å². The topological polar surface area (TPSA) is 0 Å². The molecule has 0 fully saturated rings. The summed E-state index contributed by atoms with van der Waals surface area (Å²) in [6, 6.07) is -5.55. The van der Waals surface area contributed by atoms with E-state index in [1.165, 1.54) is 20.8 Å². The fourth-order valence-electron chi connectivity index (χ4n) is 4.80. The zero-order valence-electron chi connectivity index (χ0n) is 53.7. The first-order chi connectivity index (χ1) is 30.6. The molecule has 0 aliphatic heterocycles. The first kappa shape index (κ1) is 6.99. The molecule has 0 bridgehead atoms. The third kappa shape index (κ3) is 3.87. The van der Waals surface area contributed by atoms with Gasteiger partial charge in [0.15, 0.2) is 0 Å². The Kier molecular flexibility index (Phi) is 1.47. The van der Waals surface area contributed by atoms with E-state index in [4.69, 9.17) is 32.9 Å². The Labute approximate surface area is 268 Å². The molecule has 0 saturated carbocycles. The van der Waals surface area contributed by atoms with Crippen LogP contribution in [0.4, 0.5) is 0 Å². The Morgan fingerprint density at radius 3 is 1.39 bits per heavy atom. The Hall–Kier alpha value is -2.34. The van der Waals surface area contributed by atoms with Gasteiger partial charge in [0.05, 0.1) is 8.22 Å². The van der Waals surface area contributed by atoms with Crippen molar-refractivity contribution in [3.63, 3.8) is 0 Å². The van der Waals surface area contributed by atoms with Crippen LogP contribution in [-0.4, -0.2) is 0 Å². The van der Waals surface area contributed by atoms with Gasteiger partial charge in [-0.15, -0.1) is 0 Å². The highest BCUT2D eigenvalue weighted by Crippen LogP contribution is 2.52. The second kappa shape index (κ2) is 7.59. The average molecular weight is 513 g/mol. The van der Waals surface area contributed by atoms with Gasteiger partial charge in [0, 0.05) is 38.4 Å². The van der Waals surface area contributed by atoms with Crippen LogP contribution in [0.1, 0.15) is 163 Å². The molecule has 5 rings (SSSR count). The lowest BCUT2D eigenvalue weighted by atomic mass is 9.76. The SMILES string of the molecule is [2H]c1c([2H])c2c(c([2H])c1-c1cccc(-c3c([2H])c([2H])c4c(c3[2H])C(C([2H])([2H])[2H])(C([2H])([2H])[2H])C([2H])([2H])C4(C([2H])([2H])[2H])C([2H])([2H])[2H])c1C(C)(C)C)C(C([2H])([2H])[2H])(C([2H])([2H])[2H])C([2H])([2H])C2(C([2H])([2H])[2H])C([2H])([2H])[2H]. The van der Waals surface area contributed by atoms with E-state index in [0.717, 1.165) is 18.2 Å². The van der Waals surface area contributed by atoms with Gasteiger partial charge in [-0.2, -0.15) is 0 Å². The second-order valence-corrected chi connectivity index (χ2v) is 10.2. The van der Waals surface area contributed by atoms with E-state index in [1.54, 1.807) is 0 Å². The highest BCUT2D eigenvalue weighted by atomic mass is 14.5. The third-order valence-corrected chi connectivity index (χ3v) is 6.23. The molecule has 3 aromatic rings. The molecular weight excluding hydrogens is 432 g/mol. The summed E-state index contributed by atoms with van der Waals surface area (Å²) < 4.78 is 299. The van der Waals surface area contributed by atoms with Gasteiger partial charge in [-0.05, 0) is 89.9 Å². The van der Waals surface area contributed by atoms with E-state index in [1.807, 2.05) is 0 Å². The highest BCUT2D eigenvalue weighted by Gasteiger charge is 2.43. The van der Waals surface area contributed by atoms with Crippen LogP contribution >= 0.6 is 0 Å². The number of hydrogen-bond donors (Lipinski definition) is 0. The number of rotatable bonds is 2. The van der Waals surface area contributed by atoms with Gasteiger partial charge >= 0.3 is 0 Å². The number of fused-ring (bicyclic) bond motifs is 2. The van der Waals surface area contributed by atoms with Gasteiger partial charge < -0.3 is 0 Å². The molecule has 190 valence electrons. The second-order valence-electron chi connectivity index (χ2n) is 10.2. The van der Waals surface area contributed by atoms with E-state index in [0.29, 0.717) is 0 Å². The van der Waals surface area contributed by atoms with Crippen LogP contribution in [-0.2, 0) is 27.1 Å². The van der Waals surface area contributed by atoms with Crippen molar-refractivity contribution in [2.45, 2.75) is 115 Å². The van der Waals surface area contributed by atoms with Gasteiger partial charge in [0.25, 0.3) is 0 Å². The Bertz CT molecular complexity index is 2410. The minimum atomic E-state index is -4.47. The average Bonchev–Trinajstić information content (AvgIpc) is 3.45.